The number of fused-ring (bicyclic) bond motifs is 1. The van der Waals surface area contributed by atoms with E-state index in [1.807, 2.05) is 24.3 Å². The van der Waals surface area contributed by atoms with Crippen molar-refractivity contribution < 1.29 is 14.3 Å². The Bertz CT molecular complexity index is 1040. The number of thiazole rings is 1. The zero-order chi connectivity index (χ0) is 19.9. The van der Waals surface area contributed by atoms with Gasteiger partial charge in [0.05, 0.1) is 17.3 Å². The molecule has 0 unspecified atom stereocenters. The summed E-state index contributed by atoms with van der Waals surface area (Å²) in [5.41, 5.74) is 2.11. The third-order valence-electron chi connectivity index (χ3n) is 4.15. The minimum absolute atomic E-state index is 0.0376. The summed E-state index contributed by atoms with van der Waals surface area (Å²) in [6, 6.07) is 16.1. The van der Waals surface area contributed by atoms with Crippen LogP contribution in [0.3, 0.4) is 0 Å². The van der Waals surface area contributed by atoms with Crippen LogP contribution in [0.1, 0.15) is 18.4 Å². The van der Waals surface area contributed by atoms with Gasteiger partial charge < -0.3 is 9.30 Å². The van der Waals surface area contributed by atoms with Crippen LogP contribution in [0.4, 0.5) is 0 Å². The molecule has 1 amide bonds. The maximum Gasteiger partial charge on any atom is 0.325 e. The molecule has 0 saturated heterocycles. The minimum atomic E-state index is -0.369. The van der Waals surface area contributed by atoms with Crippen molar-refractivity contribution in [2.24, 2.45) is 4.99 Å². The molecule has 0 aliphatic heterocycles. The lowest BCUT2D eigenvalue weighted by molar-refractivity contribution is -0.141. The molecule has 0 saturated carbocycles. The topological polar surface area (TPSA) is 60.7 Å². The normalized spacial score (nSPS) is 11.7. The molecule has 1 heterocycles. The van der Waals surface area contributed by atoms with Crippen LogP contribution < -0.4 is 4.80 Å². The Morgan fingerprint density at radius 3 is 2.64 bits per heavy atom. The molecule has 5 nitrogen and oxygen atoms in total. The van der Waals surface area contributed by atoms with Gasteiger partial charge >= 0.3 is 5.97 Å². The Morgan fingerprint density at radius 2 is 1.89 bits per heavy atom. The van der Waals surface area contributed by atoms with Crippen molar-refractivity contribution in [3.63, 3.8) is 0 Å². The van der Waals surface area contributed by atoms with E-state index < -0.39 is 0 Å². The number of hydrogen-bond acceptors (Lipinski definition) is 5. The number of nitrogens with zero attached hydrogens (tertiary/aromatic N) is 2. The van der Waals surface area contributed by atoms with E-state index in [9.17, 15) is 9.59 Å². The lowest BCUT2D eigenvalue weighted by Crippen LogP contribution is -2.22. The van der Waals surface area contributed by atoms with Crippen LogP contribution in [-0.4, -0.2) is 29.3 Å². The standard InChI is InChI=1S/C21H22N2O3S2/c1-15-9-11-16(12-10-15)27-13-5-8-19(24)22-21-23(14-20(25)26-2)17-6-3-4-7-18(17)28-21/h3-4,6-7,9-12H,5,8,13-14H2,1-2H3. The van der Waals surface area contributed by atoms with Gasteiger partial charge in [0.25, 0.3) is 0 Å². The van der Waals surface area contributed by atoms with Gasteiger partial charge in [0, 0.05) is 11.3 Å². The number of thioether (sulfide) groups is 1. The summed E-state index contributed by atoms with van der Waals surface area (Å²) in [4.78, 5) is 30.1. The number of amides is 1. The van der Waals surface area contributed by atoms with Crippen molar-refractivity contribution in [1.82, 2.24) is 4.57 Å². The molecule has 1 aromatic heterocycles. The largest absolute Gasteiger partial charge is 0.468 e. The highest BCUT2D eigenvalue weighted by atomic mass is 32.2. The number of para-hydroxylation sites is 1. The van der Waals surface area contributed by atoms with Gasteiger partial charge in [-0.05, 0) is 43.4 Å². The van der Waals surface area contributed by atoms with Crippen LogP contribution in [0.5, 0.6) is 0 Å². The molecule has 3 aromatic rings. The van der Waals surface area contributed by atoms with Crippen molar-refractivity contribution in [2.75, 3.05) is 12.9 Å². The first-order valence-electron chi connectivity index (χ1n) is 8.99. The molecule has 0 bridgehead atoms. The highest BCUT2D eigenvalue weighted by Gasteiger charge is 2.11. The highest BCUT2D eigenvalue weighted by molar-refractivity contribution is 7.99. The van der Waals surface area contributed by atoms with Crippen LogP contribution in [-0.2, 0) is 20.9 Å². The van der Waals surface area contributed by atoms with Gasteiger partial charge in [0.2, 0.25) is 5.91 Å². The molecule has 2 aromatic carbocycles. The summed E-state index contributed by atoms with van der Waals surface area (Å²) >= 11 is 3.14. The van der Waals surface area contributed by atoms with Crippen molar-refractivity contribution >= 4 is 45.2 Å². The number of aryl methyl sites for hydroxylation is 1. The Hall–Kier alpha value is -2.38. The molecule has 0 N–H and O–H groups in total. The predicted octanol–water partition coefficient (Wildman–Crippen LogP) is 4.18. The maximum absolute atomic E-state index is 12.4. The van der Waals surface area contributed by atoms with E-state index in [1.165, 1.54) is 28.9 Å². The first-order chi connectivity index (χ1) is 13.6. The Balaban J connectivity index is 1.67. The minimum Gasteiger partial charge on any atom is -0.468 e. The molecule has 146 valence electrons. The molecule has 28 heavy (non-hydrogen) atoms. The van der Waals surface area contributed by atoms with E-state index >= 15 is 0 Å². The molecule has 0 aliphatic rings. The second-order valence-electron chi connectivity index (χ2n) is 6.29. The highest BCUT2D eigenvalue weighted by Crippen LogP contribution is 2.20. The van der Waals surface area contributed by atoms with Crippen LogP contribution in [0.15, 0.2) is 58.4 Å². The lowest BCUT2D eigenvalue weighted by atomic mass is 10.2. The van der Waals surface area contributed by atoms with Gasteiger partial charge in [-0.3, -0.25) is 9.59 Å². The van der Waals surface area contributed by atoms with E-state index in [2.05, 4.69) is 36.2 Å². The molecule has 0 spiro atoms. The van der Waals surface area contributed by atoms with Crippen LogP contribution >= 0.6 is 23.1 Å². The smallest absolute Gasteiger partial charge is 0.325 e. The SMILES string of the molecule is COC(=O)Cn1c(=NC(=O)CCCSc2ccc(C)cc2)sc2ccccc21. The van der Waals surface area contributed by atoms with E-state index in [1.54, 1.807) is 16.3 Å². The summed E-state index contributed by atoms with van der Waals surface area (Å²) in [6.45, 7) is 2.10. The Labute approximate surface area is 172 Å². The van der Waals surface area contributed by atoms with Crippen LogP contribution in [0, 0.1) is 6.92 Å². The monoisotopic (exact) mass is 414 g/mol. The zero-order valence-electron chi connectivity index (χ0n) is 15.9. The Morgan fingerprint density at radius 1 is 1.14 bits per heavy atom. The zero-order valence-corrected chi connectivity index (χ0v) is 17.5. The Kier molecular flexibility index (Phi) is 7.06. The number of benzene rings is 2. The molecule has 0 atom stereocenters. The first kappa shape index (κ1) is 20.4. The van der Waals surface area contributed by atoms with Gasteiger partial charge in [-0.15, -0.1) is 11.8 Å². The number of esters is 1. The summed E-state index contributed by atoms with van der Waals surface area (Å²) < 4.78 is 7.50. The molecule has 0 aliphatic carbocycles. The second kappa shape index (κ2) is 9.71. The number of hydrogen-bond donors (Lipinski definition) is 0. The summed E-state index contributed by atoms with van der Waals surface area (Å²) in [7, 11) is 1.35. The van der Waals surface area contributed by atoms with E-state index in [0.717, 1.165) is 22.4 Å². The first-order valence-corrected chi connectivity index (χ1v) is 10.8. The van der Waals surface area contributed by atoms with E-state index in [-0.39, 0.29) is 18.4 Å². The number of carbonyl (C=O) groups is 2. The van der Waals surface area contributed by atoms with Gasteiger partial charge in [0.15, 0.2) is 4.80 Å². The third kappa shape index (κ3) is 5.33. The number of carbonyl (C=O) groups excluding carboxylic acids is 2. The van der Waals surface area contributed by atoms with Crippen LogP contribution in [0.2, 0.25) is 0 Å². The van der Waals surface area contributed by atoms with Crippen molar-refractivity contribution in [3.8, 4) is 0 Å². The molecular formula is C21H22N2O3S2. The van der Waals surface area contributed by atoms with Crippen molar-refractivity contribution in [3.05, 3.63) is 58.9 Å². The predicted molar refractivity (Wildman–Crippen MR) is 114 cm³/mol. The fraction of sp³-hybridized carbons (Fsp3) is 0.286. The fourth-order valence-electron chi connectivity index (χ4n) is 2.66. The number of rotatable bonds is 7. The average molecular weight is 415 g/mol. The van der Waals surface area contributed by atoms with Gasteiger partial charge in [-0.2, -0.15) is 4.99 Å². The summed E-state index contributed by atoms with van der Waals surface area (Å²) in [5.74, 6) is 0.320. The maximum atomic E-state index is 12.4. The quantitative estimate of drug-likeness (QED) is 0.330. The molecular weight excluding hydrogens is 392 g/mol. The van der Waals surface area contributed by atoms with Gasteiger partial charge in [-0.25, -0.2) is 0 Å². The fourth-order valence-corrected chi connectivity index (χ4v) is 4.56. The lowest BCUT2D eigenvalue weighted by Gasteiger charge is -2.03. The molecule has 0 fully saturated rings. The van der Waals surface area contributed by atoms with Crippen molar-refractivity contribution in [1.29, 1.82) is 0 Å². The summed E-state index contributed by atoms with van der Waals surface area (Å²) in [6.07, 6.45) is 1.13. The number of aromatic nitrogens is 1. The molecule has 0 radical (unpaired) electrons. The van der Waals surface area contributed by atoms with E-state index in [0.29, 0.717) is 11.2 Å². The van der Waals surface area contributed by atoms with Gasteiger partial charge in [0.1, 0.15) is 6.54 Å². The molecule has 3 rings (SSSR count). The second-order valence-corrected chi connectivity index (χ2v) is 8.46. The van der Waals surface area contributed by atoms with Gasteiger partial charge in [-0.1, -0.05) is 41.2 Å². The number of methoxy groups -OCH3 is 1. The molecule has 7 heteroatoms. The van der Waals surface area contributed by atoms with E-state index in [4.69, 9.17) is 4.74 Å². The van der Waals surface area contributed by atoms with Crippen LogP contribution in [0.25, 0.3) is 10.2 Å². The number of ether oxygens (including phenoxy) is 1. The van der Waals surface area contributed by atoms with Crippen molar-refractivity contribution in [2.45, 2.75) is 31.2 Å². The third-order valence-corrected chi connectivity index (χ3v) is 6.31. The summed E-state index contributed by atoms with van der Waals surface area (Å²) in [5, 5.41) is 0. The average Bonchev–Trinajstić information content (AvgIpc) is 3.03.